The summed E-state index contributed by atoms with van der Waals surface area (Å²) in [4.78, 5) is 25.0. The fourth-order valence-corrected chi connectivity index (χ4v) is 3.15. The summed E-state index contributed by atoms with van der Waals surface area (Å²) in [6.07, 6.45) is 3.80. The molecule has 0 amide bonds. The standard InChI is InChI=1S/C20H29NO7/c1-3-11-26-18(24)20(21,13(2)14-9-10-16(22)17(23)12-14)28-19(25)27-15-7-5-4-6-8-15/h9-10,12-13,15,22-23H,3-8,11,21H2,1-2H3/t13?,20-/m1/s1. The SMILES string of the molecule is CCCOC(=O)[C@](N)(OC(=O)OC1CCCCC1)C(C)c1ccc(O)c(O)c1. The minimum Gasteiger partial charge on any atom is -0.504 e. The molecule has 8 heteroatoms. The molecule has 0 aromatic heterocycles. The van der Waals surface area contributed by atoms with Crippen LogP contribution in [0, 0.1) is 0 Å². The van der Waals surface area contributed by atoms with E-state index in [1.54, 1.807) is 6.92 Å². The summed E-state index contributed by atoms with van der Waals surface area (Å²) >= 11 is 0. The van der Waals surface area contributed by atoms with Crippen LogP contribution in [0.5, 0.6) is 11.5 Å². The smallest absolute Gasteiger partial charge is 0.504 e. The van der Waals surface area contributed by atoms with E-state index < -0.39 is 23.8 Å². The number of carbonyl (C=O) groups is 2. The highest BCUT2D eigenvalue weighted by Gasteiger charge is 2.47. The van der Waals surface area contributed by atoms with Crippen LogP contribution in [0.15, 0.2) is 18.2 Å². The molecule has 1 aliphatic rings. The normalized spacial score (nSPS) is 18.0. The fourth-order valence-electron chi connectivity index (χ4n) is 3.15. The minimum absolute atomic E-state index is 0.117. The molecule has 4 N–H and O–H groups in total. The van der Waals surface area contributed by atoms with Crippen LogP contribution in [0.3, 0.4) is 0 Å². The predicted molar refractivity (Wildman–Crippen MR) is 101 cm³/mol. The molecule has 2 atom stereocenters. The van der Waals surface area contributed by atoms with Gasteiger partial charge in [0.2, 0.25) is 0 Å². The number of hydrogen-bond donors (Lipinski definition) is 3. The maximum atomic E-state index is 12.6. The lowest BCUT2D eigenvalue weighted by molar-refractivity contribution is -0.171. The number of esters is 1. The maximum Gasteiger partial charge on any atom is 0.510 e. The maximum absolute atomic E-state index is 12.6. The number of nitrogens with two attached hydrogens (primary N) is 1. The van der Waals surface area contributed by atoms with Crippen LogP contribution in [-0.2, 0) is 19.0 Å². The van der Waals surface area contributed by atoms with Crippen molar-refractivity contribution in [2.45, 2.75) is 70.1 Å². The monoisotopic (exact) mass is 395 g/mol. The molecular formula is C20H29NO7. The fraction of sp³-hybridized carbons (Fsp3) is 0.600. The van der Waals surface area contributed by atoms with E-state index in [0.29, 0.717) is 12.0 Å². The van der Waals surface area contributed by atoms with Crippen molar-refractivity contribution in [2.75, 3.05) is 6.61 Å². The average molecular weight is 395 g/mol. The number of phenols is 2. The van der Waals surface area contributed by atoms with E-state index in [-0.39, 0.29) is 24.2 Å². The zero-order valence-electron chi connectivity index (χ0n) is 16.3. The Hall–Kier alpha value is -2.48. The molecule has 0 heterocycles. The van der Waals surface area contributed by atoms with E-state index in [4.69, 9.17) is 19.9 Å². The number of rotatable bonds is 7. The lowest BCUT2D eigenvalue weighted by Gasteiger charge is -2.33. The van der Waals surface area contributed by atoms with Crippen molar-refractivity contribution in [1.82, 2.24) is 0 Å². The van der Waals surface area contributed by atoms with E-state index in [9.17, 15) is 19.8 Å². The summed E-state index contributed by atoms with van der Waals surface area (Å²) in [6, 6.07) is 3.99. The van der Waals surface area contributed by atoms with Crippen LogP contribution in [0.1, 0.15) is 63.9 Å². The van der Waals surface area contributed by atoms with Crippen LogP contribution >= 0.6 is 0 Å². The van der Waals surface area contributed by atoms with Gasteiger partial charge in [-0.25, -0.2) is 9.59 Å². The second-order valence-electron chi connectivity index (χ2n) is 7.13. The molecule has 28 heavy (non-hydrogen) atoms. The van der Waals surface area contributed by atoms with Gasteiger partial charge in [-0.15, -0.1) is 0 Å². The largest absolute Gasteiger partial charge is 0.510 e. The molecule has 1 saturated carbocycles. The van der Waals surface area contributed by atoms with Crippen molar-refractivity contribution in [3.63, 3.8) is 0 Å². The number of aromatic hydroxyl groups is 2. The van der Waals surface area contributed by atoms with Crippen molar-refractivity contribution >= 4 is 12.1 Å². The molecule has 1 aromatic carbocycles. The topological polar surface area (TPSA) is 128 Å². The lowest BCUT2D eigenvalue weighted by Crippen LogP contribution is -2.56. The van der Waals surface area contributed by atoms with Gasteiger partial charge in [0.05, 0.1) is 6.61 Å². The first-order valence-corrected chi connectivity index (χ1v) is 9.65. The Morgan fingerprint density at radius 1 is 1.21 bits per heavy atom. The summed E-state index contributed by atoms with van der Waals surface area (Å²) in [5.74, 6) is -2.47. The summed E-state index contributed by atoms with van der Waals surface area (Å²) in [5, 5.41) is 19.3. The first-order valence-electron chi connectivity index (χ1n) is 9.65. The zero-order valence-corrected chi connectivity index (χ0v) is 16.3. The van der Waals surface area contributed by atoms with Crippen LogP contribution in [0.25, 0.3) is 0 Å². The summed E-state index contributed by atoms with van der Waals surface area (Å²) in [5.41, 5.74) is 4.45. The molecule has 1 aromatic rings. The highest BCUT2D eigenvalue weighted by atomic mass is 16.7. The molecule has 1 unspecified atom stereocenters. The van der Waals surface area contributed by atoms with E-state index >= 15 is 0 Å². The van der Waals surface area contributed by atoms with Gasteiger partial charge in [-0.3, -0.25) is 5.73 Å². The molecule has 0 radical (unpaired) electrons. The van der Waals surface area contributed by atoms with Gasteiger partial charge in [0, 0.05) is 5.92 Å². The Balaban J connectivity index is 2.21. The van der Waals surface area contributed by atoms with Gasteiger partial charge in [-0.1, -0.05) is 26.3 Å². The Morgan fingerprint density at radius 3 is 2.50 bits per heavy atom. The highest BCUT2D eigenvalue weighted by molar-refractivity contribution is 5.83. The Labute approximate surface area is 164 Å². The third kappa shape index (κ3) is 5.28. The molecule has 0 aliphatic heterocycles. The second kappa shape index (κ2) is 9.64. The second-order valence-corrected chi connectivity index (χ2v) is 7.13. The van der Waals surface area contributed by atoms with E-state index in [0.717, 1.165) is 32.1 Å². The molecule has 0 saturated heterocycles. The number of ether oxygens (including phenoxy) is 3. The van der Waals surface area contributed by atoms with Crippen LogP contribution in [0.2, 0.25) is 0 Å². The van der Waals surface area contributed by atoms with Crippen molar-refractivity contribution in [1.29, 1.82) is 0 Å². The quantitative estimate of drug-likeness (QED) is 0.364. The molecular weight excluding hydrogens is 366 g/mol. The lowest BCUT2D eigenvalue weighted by atomic mass is 9.90. The van der Waals surface area contributed by atoms with Gasteiger partial charge in [0.1, 0.15) is 6.10 Å². The van der Waals surface area contributed by atoms with Gasteiger partial charge in [0.25, 0.3) is 5.72 Å². The number of hydrogen-bond acceptors (Lipinski definition) is 8. The van der Waals surface area contributed by atoms with Gasteiger partial charge in [0.15, 0.2) is 11.5 Å². The third-order valence-corrected chi connectivity index (χ3v) is 4.97. The first kappa shape index (κ1) is 21.8. The Bertz CT molecular complexity index is 687. The van der Waals surface area contributed by atoms with Crippen molar-refractivity contribution in [2.24, 2.45) is 5.73 Å². The predicted octanol–water partition coefficient (Wildman–Crippen LogP) is 3.30. The molecule has 2 rings (SSSR count). The van der Waals surface area contributed by atoms with Crippen LogP contribution in [-0.4, -0.2) is 40.8 Å². The van der Waals surface area contributed by atoms with E-state index in [2.05, 4.69) is 0 Å². The summed E-state index contributed by atoms with van der Waals surface area (Å²) in [7, 11) is 0. The van der Waals surface area contributed by atoms with Gasteiger partial charge in [-0.2, -0.15) is 0 Å². The first-order chi connectivity index (χ1) is 13.3. The molecule has 0 bridgehead atoms. The van der Waals surface area contributed by atoms with E-state index in [1.807, 2.05) is 6.92 Å². The van der Waals surface area contributed by atoms with Gasteiger partial charge in [-0.05, 0) is 49.8 Å². The van der Waals surface area contributed by atoms with Gasteiger partial charge >= 0.3 is 12.1 Å². The summed E-state index contributed by atoms with van der Waals surface area (Å²) < 4.78 is 15.8. The number of phenolic OH excluding ortho intramolecular Hbond substituents is 2. The van der Waals surface area contributed by atoms with Crippen LogP contribution in [0.4, 0.5) is 4.79 Å². The van der Waals surface area contributed by atoms with Crippen molar-refractivity contribution < 1.29 is 34.0 Å². The summed E-state index contributed by atoms with van der Waals surface area (Å²) in [6.45, 7) is 3.50. The highest BCUT2D eigenvalue weighted by Crippen LogP contribution is 2.34. The molecule has 0 spiro atoms. The average Bonchev–Trinajstić information content (AvgIpc) is 2.68. The molecule has 8 nitrogen and oxygen atoms in total. The van der Waals surface area contributed by atoms with Crippen molar-refractivity contribution in [3.8, 4) is 11.5 Å². The Kier molecular flexibility index (Phi) is 7.51. The third-order valence-electron chi connectivity index (χ3n) is 4.97. The minimum atomic E-state index is -2.15. The van der Waals surface area contributed by atoms with E-state index in [1.165, 1.54) is 18.2 Å². The number of benzene rings is 1. The molecule has 1 aliphatic carbocycles. The molecule has 1 fully saturated rings. The number of carbonyl (C=O) groups excluding carboxylic acids is 2. The molecule has 156 valence electrons. The Morgan fingerprint density at radius 2 is 1.89 bits per heavy atom. The van der Waals surface area contributed by atoms with Crippen molar-refractivity contribution in [3.05, 3.63) is 23.8 Å². The van der Waals surface area contributed by atoms with Crippen LogP contribution < -0.4 is 5.73 Å². The van der Waals surface area contributed by atoms with Gasteiger partial charge < -0.3 is 24.4 Å². The zero-order chi connectivity index (χ0) is 20.7.